The minimum atomic E-state index is -0.524. The van der Waals surface area contributed by atoms with Crippen LogP contribution in [-0.2, 0) is 4.79 Å². The van der Waals surface area contributed by atoms with E-state index in [0.717, 1.165) is 0 Å². The molecule has 0 radical (unpaired) electrons. The second-order valence-electron chi connectivity index (χ2n) is 3.36. The number of carbonyl (C=O) groups is 2. The van der Waals surface area contributed by atoms with E-state index in [1.54, 1.807) is 18.2 Å². The number of benzene rings is 1. The minimum Gasteiger partial charge on any atom is -0.497 e. The van der Waals surface area contributed by atoms with Gasteiger partial charge in [-0.25, -0.2) is 0 Å². The van der Waals surface area contributed by atoms with Gasteiger partial charge in [-0.15, -0.1) is 11.6 Å². The van der Waals surface area contributed by atoms with Gasteiger partial charge >= 0.3 is 0 Å². The molecule has 0 saturated carbocycles. The van der Waals surface area contributed by atoms with Crippen LogP contribution in [0.25, 0.3) is 0 Å². The number of Topliss-reactive ketones (excluding diaryl/α,β-unsaturated/α-hetero) is 1. The predicted molar refractivity (Wildman–Crippen MR) is 60.4 cm³/mol. The standard InChI is InChI=1S/C11H10ClNO3/c1-16-7-2-3-8-9(6-7)13(5-4-12)11(15)10(8)14/h2-3,6H,4-5H2,1H3. The summed E-state index contributed by atoms with van der Waals surface area (Å²) in [6.07, 6.45) is 0. The zero-order chi connectivity index (χ0) is 11.7. The highest BCUT2D eigenvalue weighted by Crippen LogP contribution is 2.32. The Kier molecular flexibility index (Phi) is 2.83. The molecule has 1 aliphatic rings. The largest absolute Gasteiger partial charge is 0.497 e. The average molecular weight is 240 g/mol. The third-order valence-electron chi connectivity index (χ3n) is 2.49. The molecule has 16 heavy (non-hydrogen) atoms. The highest BCUT2D eigenvalue weighted by molar-refractivity contribution is 6.52. The molecule has 0 unspecified atom stereocenters. The summed E-state index contributed by atoms with van der Waals surface area (Å²) < 4.78 is 5.05. The van der Waals surface area contributed by atoms with Crippen LogP contribution in [-0.4, -0.2) is 31.2 Å². The van der Waals surface area contributed by atoms with Crippen molar-refractivity contribution in [3.05, 3.63) is 23.8 Å². The second-order valence-corrected chi connectivity index (χ2v) is 3.74. The van der Waals surface area contributed by atoms with Crippen LogP contribution in [0.5, 0.6) is 5.75 Å². The van der Waals surface area contributed by atoms with Crippen LogP contribution in [0.1, 0.15) is 10.4 Å². The molecule has 84 valence electrons. The first-order valence-corrected chi connectivity index (χ1v) is 5.32. The normalized spacial score (nSPS) is 14.2. The molecule has 1 aliphatic heterocycles. The lowest BCUT2D eigenvalue weighted by atomic mass is 10.1. The summed E-state index contributed by atoms with van der Waals surface area (Å²) in [6.45, 7) is 0.326. The molecule has 1 aromatic carbocycles. The van der Waals surface area contributed by atoms with E-state index in [4.69, 9.17) is 16.3 Å². The number of amides is 1. The quantitative estimate of drug-likeness (QED) is 0.593. The minimum absolute atomic E-state index is 0.287. The summed E-state index contributed by atoms with van der Waals surface area (Å²) in [4.78, 5) is 24.6. The average Bonchev–Trinajstić information content (AvgIpc) is 2.54. The van der Waals surface area contributed by atoms with Gasteiger partial charge < -0.3 is 9.64 Å². The van der Waals surface area contributed by atoms with Crippen molar-refractivity contribution in [1.29, 1.82) is 0 Å². The number of anilines is 1. The number of ketones is 1. The number of nitrogens with zero attached hydrogens (tertiary/aromatic N) is 1. The van der Waals surface area contributed by atoms with Gasteiger partial charge in [0.25, 0.3) is 11.7 Å². The van der Waals surface area contributed by atoms with Gasteiger partial charge in [-0.05, 0) is 12.1 Å². The molecule has 0 saturated heterocycles. The Morgan fingerprint density at radius 3 is 2.75 bits per heavy atom. The molecule has 5 heteroatoms. The number of fused-ring (bicyclic) bond motifs is 1. The fourth-order valence-electron chi connectivity index (χ4n) is 1.71. The second kappa shape index (κ2) is 4.14. The number of halogens is 1. The fraction of sp³-hybridized carbons (Fsp3) is 0.273. The lowest BCUT2D eigenvalue weighted by molar-refractivity contribution is -0.114. The van der Waals surface area contributed by atoms with Crippen molar-refractivity contribution in [1.82, 2.24) is 0 Å². The van der Waals surface area contributed by atoms with Gasteiger partial charge in [0, 0.05) is 18.5 Å². The summed E-state index contributed by atoms with van der Waals surface area (Å²) in [5.41, 5.74) is 0.992. The molecule has 0 N–H and O–H groups in total. The lowest BCUT2D eigenvalue weighted by Crippen LogP contribution is -2.31. The van der Waals surface area contributed by atoms with E-state index >= 15 is 0 Å². The molecule has 0 bridgehead atoms. The van der Waals surface area contributed by atoms with Gasteiger partial charge in [0.15, 0.2) is 0 Å². The van der Waals surface area contributed by atoms with Crippen molar-refractivity contribution in [2.24, 2.45) is 0 Å². The van der Waals surface area contributed by atoms with E-state index in [1.165, 1.54) is 12.0 Å². The zero-order valence-corrected chi connectivity index (χ0v) is 9.45. The van der Waals surface area contributed by atoms with E-state index in [0.29, 0.717) is 23.5 Å². The van der Waals surface area contributed by atoms with Crippen molar-refractivity contribution in [2.75, 3.05) is 24.4 Å². The first-order chi connectivity index (χ1) is 7.69. The van der Waals surface area contributed by atoms with Gasteiger partial charge in [0.05, 0.1) is 18.4 Å². The summed E-state index contributed by atoms with van der Waals surface area (Å²) in [7, 11) is 1.53. The van der Waals surface area contributed by atoms with Crippen molar-refractivity contribution in [3.63, 3.8) is 0 Å². The summed E-state index contributed by atoms with van der Waals surface area (Å²) in [5, 5.41) is 0. The fourth-order valence-corrected chi connectivity index (χ4v) is 1.88. The van der Waals surface area contributed by atoms with Crippen LogP contribution in [0.4, 0.5) is 5.69 Å². The summed E-state index contributed by atoms with van der Waals surface area (Å²) >= 11 is 5.60. The van der Waals surface area contributed by atoms with Gasteiger partial charge in [-0.3, -0.25) is 9.59 Å². The maximum Gasteiger partial charge on any atom is 0.299 e. The molecule has 0 atom stereocenters. The summed E-state index contributed by atoms with van der Waals surface area (Å²) in [6, 6.07) is 4.93. The van der Waals surface area contributed by atoms with E-state index in [9.17, 15) is 9.59 Å². The highest BCUT2D eigenvalue weighted by Gasteiger charge is 2.35. The Balaban J connectivity index is 2.48. The Hall–Kier alpha value is -1.55. The Morgan fingerprint density at radius 1 is 1.38 bits per heavy atom. The third kappa shape index (κ3) is 1.55. The smallest absolute Gasteiger partial charge is 0.299 e. The predicted octanol–water partition coefficient (Wildman–Crippen LogP) is 1.46. The maximum absolute atomic E-state index is 11.6. The molecule has 0 aromatic heterocycles. The van der Waals surface area contributed by atoms with E-state index in [-0.39, 0.29) is 5.88 Å². The van der Waals surface area contributed by atoms with Crippen molar-refractivity contribution >= 4 is 29.0 Å². The van der Waals surface area contributed by atoms with Crippen molar-refractivity contribution in [2.45, 2.75) is 0 Å². The van der Waals surface area contributed by atoms with Crippen molar-refractivity contribution < 1.29 is 14.3 Å². The molecule has 4 nitrogen and oxygen atoms in total. The molecule has 1 amide bonds. The van der Waals surface area contributed by atoms with Crippen LogP contribution >= 0.6 is 11.6 Å². The zero-order valence-electron chi connectivity index (χ0n) is 8.70. The number of hydrogen-bond acceptors (Lipinski definition) is 3. The monoisotopic (exact) mass is 239 g/mol. The molecule has 1 aromatic rings. The van der Waals surface area contributed by atoms with E-state index in [1.807, 2.05) is 0 Å². The van der Waals surface area contributed by atoms with E-state index in [2.05, 4.69) is 0 Å². The van der Waals surface area contributed by atoms with Crippen LogP contribution in [0.2, 0.25) is 0 Å². The van der Waals surface area contributed by atoms with Crippen LogP contribution < -0.4 is 9.64 Å². The Bertz CT molecular complexity index is 459. The molecule has 0 spiro atoms. The number of rotatable bonds is 3. The lowest BCUT2D eigenvalue weighted by Gasteiger charge is -2.14. The SMILES string of the molecule is COc1ccc2c(c1)N(CCCl)C(=O)C2=O. The maximum atomic E-state index is 11.6. The highest BCUT2D eigenvalue weighted by atomic mass is 35.5. The van der Waals surface area contributed by atoms with Gasteiger partial charge in [-0.1, -0.05) is 0 Å². The molecule has 1 heterocycles. The third-order valence-corrected chi connectivity index (χ3v) is 2.66. The van der Waals surface area contributed by atoms with Crippen LogP contribution in [0.15, 0.2) is 18.2 Å². The Labute approximate surface area is 97.7 Å². The van der Waals surface area contributed by atoms with Gasteiger partial charge in [0.1, 0.15) is 5.75 Å². The van der Waals surface area contributed by atoms with Crippen molar-refractivity contribution in [3.8, 4) is 5.75 Å². The molecule has 0 aliphatic carbocycles. The number of methoxy groups -OCH3 is 1. The van der Waals surface area contributed by atoms with Gasteiger partial charge in [0.2, 0.25) is 0 Å². The van der Waals surface area contributed by atoms with Gasteiger partial charge in [-0.2, -0.15) is 0 Å². The molecule has 2 rings (SSSR count). The first-order valence-electron chi connectivity index (χ1n) is 4.79. The molecular weight excluding hydrogens is 230 g/mol. The topological polar surface area (TPSA) is 46.6 Å². The van der Waals surface area contributed by atoms with Crippen LogP contribution in [0, 0.1) is 0 Å². The van der Waals surface area contributed by atoms with Crippen LogP contribution in [0.3, 0.4) is 0 Å². The number of hydrogen-bond donors (Lipinski definition) is 0. The first kappa shape index (κ1) is 11.0. The number of alkyl halides is 1. The van der Waals surface area contributed by atoms with E-state index < -0.39 is 11.7 Å². The molecule has 0 fully saturated rings. The molecular formula is C11H10ClNO3. The number of ether oxygens (including phenoxy) is 1. The number of carbonyl (C=O) groups excluding carboxylic acids is 2. The summed E-state index contributed by atoms with van der Waals surface area (Å²) in [5.74, 6) is -0.108. The Morgan fingerprint density at radius 2 is 2.12 bits per heavy atom.